The maximum atomic E-state index is 10.9. The largest absolute Gasteiger partial charge is 0.439 e. The van der Waals surface area contributed by atoms with Crippen molar-refractivity contribution < 1.29 is 4.42 Å². The summed E-state index contributed by atoms with van der Waals surface area (Å²) in [6.07, 6.45) is 0. The molecular formula is C9H6ClNO2. The molecule has 1 aromatic heterocycles. The van der Waals surface area contributed by atoms with Gasteiger partial charge in [0.05, 0.1) is 5.69 Å². The molecule has 4 heteroatoms. The Labute approximate surface area is 79.0 Å². The molecule has 0 spiro atoms. The second-order valence-electron chi connectivity index (χ2n) is 2.71. The number of halogens is 1. The minimum atomic E-state index is -0.577. The molecule has 0 saturated heterocycles. The molecule has 66 valence electrons. The summed E-state index contributed by atoms with van der Waals surface area (Å²) < 4.78 is 4.87. The van der Waals surface area contributed by atoms with Crippen molar-refractivity contribution in [2.24, 2.45) is 0 Å². The van der Waals surface area contributed by atoms with E-state index < -0.39 is 5.76 Å². The van der Waals surface area contributed by atoms with E-state index in [9.17, 15) is 4.79 Å². The van der Waals surface area contributed by atoms with E-state index in [0.29, 0.717) is 16.3 Å². The molecule has 0 radical (unpaired) electrons. The van der Waals surface area contributed by atoms with Crippen molar-refractivity contribution in [3.63, 3.8) is 0 Å². The van der Waals surface area contributed by atoms with E-state index in [0.717, 1.165) is 5.39 Å². The Morgan fingerprint density at radius 3 is 3.00 bits per heavy atom. The molecule has 0 fully saturated rings. The van der Waals surface area contributed by atoms with E-state index >= 15 is 0 Å². The molecule has 0 unspecified atom stereocenters. The van der Waals surface area contributed by atoms with Crippen LogP contribution in [0.3, 0.4) is 0 Å². The third kappa shape index (κ3) is 1.42. The van der Waals surface area contributed by atoms with Gasteiger partial charge in [0.25, 0.3) is 0 Å². The number of rotatable bonds is 0. The smallest absolute Gasteiger partial charge is 0.408 e. The number of fused-ring (bicyclic) bond motifs is 1. The Kier molecular flexibility index (Phi) is 1.81. The molecule has 0 aliphatic carbocycles. The van der Waals surface area contributed by atoms with Crippen LogP contribution < -0.4 is 5.76 Å². The highest BCUT2D eigenvalue weighted by Gasteiger charge is 2.02. The van der Waals surface area contributed by atoms with Gasteiger partial charge in [0.15, 0.2) is 0 Å². The van der Waals surface area contributed by atoms with E-state index in [2.05, 4.69) is 4.98 Å². The van der Waals surface area contributed by atoms with E-state index in [1.807, 2.05) is 0 Å². The molecule has 0 aliphatic heterocycles. The predicted molar refractivity (Wildman–Crippen MR) is 50.0 cm³/mol. The van der Waals surface area contributed by atoms with Crippen LogP contribution >= 0.6 is 11.6 Å². The van der Waals surface area contributed by atoms with E-state index in [4.69, 9.17) is 16.0 Å². The van der Waals surface area contributed by atoms with Gasteiger partial charge in [-0.15, -0.1) is 0 Å². The Morgan fingerprint density at radius 1 is 1.46 bits per heavy atom. The highest BCUT2D eigenvalue weighted by Crippen LogP contribution is 2.19. The van der Waals surface area contributed by atoms with Gasteiger partial charge in [0, 0.05) is 10.4 Å². The first-order valence-corrected chi connectivity index (χ1v) is 4.11. The summed E-state index contributed by atoms with van der Waals surface area (Å²) in [6, 6.07) is 5.06. The van der Waals surface area contributed by atoms with Crippen LogP contribution in [0, 0.1) is 6.92 Å². The van der Waals surface area contributed by atoms with Crippen LogP contribution in [0.2, 0.25) is 5.02 Å². The number of aryl methyl sites for hydroxylation is 1. The van der Waals surface area contributed by atoms with Crippen LogP contribution in [-0.4, -0.2) is 4.98 Å². The van der Waals surface area contributed by atoms with Crippen molar-refractivity contribution in [1.82, 2.24) is 4.98 Å². The maximum Gasteiger partial charge on any atom is 0.439 e. The molecule has 0 atom stereocenters. The zero-order valence-corrected chi connectivity index (χ0v) is 7.63. The molecule has 2 rings (SSSR count). The maximum absolute atomic E-state index is 10.9. The highest BCUT2D eigenvalue weighted by molar-refractivity contribution is 6.31. The van der Waals surface area contributed by atoms with Gasteiger partial charge in [-0.05, 0) is 25.1 Å². The second kappa shape index (κ2) is 2.85. The molecule has 0 bridgehead atoms. The minimum absolute atomic E-state index is 0.516. The Balaban J connectivity index is 2.95. The van der Waals surface area contributed by atoms with Gasteiger partial charge in [-0.25, -0.2) is 4.79 Å². The van der Waals surface area contributed by atoms with Gasteiger partial charge in [0.2, 0.25) is 0 Å². The summed E-state index contributed by atoms with van der Waals surface area (Å²) >= 11 is 5.78. The van der Waals surface area contributed by atoms with Crippen LogP contribution in [0.25, 0.3) is 11.0 Å². The SMILES string of the molecule is Cc1nc(=O)oc2ccc(Cl)cc12. The monoisotopic (exact) mass is 195 g/mol. The average Bonchev–Trinajstić information content (AvgIpc) is 2.06. The second-order valence-corrected chi connectivity index (χ2v) is 3.14. The van der Waals surface area contributed by atoms with E-state index in [-0.39, 0.29) is 0 Å². The fourth-order valence-corrected chi connectivity index (χ4v) is 1.36. The number of hydrogen-bond acceptors (Lipinski definition) is 3. The minimum Gasteiger partial charge on any atom is -0.408 e. The zero-order valence-electron chi connectivity index (χ0n) is 6.87. The molecule has 1 aromatic carbocycles. The molecule has 0 aliphatic rings. The lowest BCUT2D eigenvalue weighted by Crippen LogP contribution is -2.05. The average molecular weight is 196 g/mol. The van der Waals surface area contributed by atoms with Crippen LogP contribution in [-0.2, 0) is 0 Å². The normalized spacial score (nSPS) is 10.6. The van der Waals surface area contributed by atoms with Gasteiger partial charge in [-0.3, -0.25) is 0 Å². The number of nitrogens with zero attached hydrogens (tertiary/aromatic N) is 1. The molecule has 13 heavy (non-hydrogen) atoms. The van der Waals surface area contributed by atoms with Gasteiger partial charge >= 0.3 is 5.76 Å². The standard InChI is InChI=1S/C9H6ClNO2/c1-5-7-4-6(10)2-3-8(7)13-9(12)11-5/h2-4H,1H3. The first-order chi connectivity index (χ1) is 6.16. The lowest BCUT2D eigenvalue weighted by atomic mass is 10.2. The van der Waals surface area contributed by atoms with Crippen molar-refractivity contribution in [2.45, 2.75) is 6.92 Å². The van der Waals surface area contributed by atoms with E-state index in [1.165, 1.54) is 0 Å². The molecule has 3 nitrogen and oxygen atoms in total. The molecule has 0 amide bonds. The summed E-state index contributed by atoms with van der Waals surface area (Å²) in [7, 11) is 0. The summed E-state index contributed by atoms with van der Waals surface area (Å²) in [6.45, 7) is 1.75. The summed E-state index contributed by atoms with van der Waals surface area (Å²) in [5.41, 5.74) is 1.15. The van der Waals surface area contributed by atoms with Crippen LogP contribution in [0.15, 0.2) is 27.4 Å². The third-order valence-corrected chi connectivity index (χ3v) is 2.02. The fraction of sp³-hybridized carbons (Fsp3) is 0.111. The van der Waals surface area contributed by atoms with E-state index in [1.54, 1.807) is 25.1 Å². The summed E-state index contributed by atoms with van der Waals surface area (Å²) in [5, 5.41) is 1.37. The lowest BCUT2D eigenvalue weighted by Gasteiger charge is -1.98. The third-order valence-electron chi connectivity index (χ3n) is 1.79. The van der Waals surface area contributed by atoms with Crippen molar-refractivity contribution in [2.75, 3.05) is 0 Å². The van der Waals surface area contributed by atoms with Gasteiger partial charge in [-0.1, -0.05) is 11.6 Å². The van der Waals surface area contributed by atoms with Crippen molar-refractivity contribution in [3.8, 4) is 0 Å². The zero-order chi connectivity index (χ0) is 9.42. The van der Waals surface area contributed by atoms with Crippen molar-refractivity contribution >= 4 is 22.6 Å². The lowest BCUT2D eigenvalue weighted by molar-refractivity contribution is 0.528. The number of benzene rings is 1. The number of aromatic nitrogens is 1. The Bertz CT molecular complexity index is 518. The fourth-order valence-electron chi connectivity index (χ4n) is 1.19. The summed E-state index contributed by atoms with van der Waals surface area (Å²) in [4.78, 5) is 14.5. The van der Waals surface area contributed by atoms with Crippen LogP contribution in [0.5, 0.6) is 0 Å². The summed E-state index contributed by atoms with van der Waals surface area (Å²) in [5.74, 6) is -0.577. The first kappa shape index (κ1) is 8.26. The van der Waals surface area contributed by atoms with Gasteiger partial charge < -0.3 is 4.42 Å². The molecule has 0 N–H and O–H groups in total. The van der Waals surface area contributed by atoms with Crippen molar-refractivity contribution in [1.29, 1.82) is 0 Å². The predicted octanol–water partition coefficient (Wildman–Crippen LogP) is 2.15. The first-order valence-electron chi connectivity index (χ1n) is 3.74. The number of hydrogen-bond donors (Lipinski definition) is 0. The Morgan fingerprint density at radius 2 is 2.23 bits per heavy atom. The quantitative estimate of drug-likeness (QED) is 0.647. The topological polar surface area (TPSA) is 43.1 Å². The molecule has 1 heterocycles. The van der Waals surface area contributed by atoms with Gasteiger partial charge in [0.1, 0.15) is 5.58 Å². The molecule has 0 saturated carbocycles. The molecule has 2 aromatic rings. The Hall–Kier alpha value is -1.35. The van der Waals surface area contributed by atoms with Crippen LogP contribution in [0.4, 0.5) is 0 Å². The van der Waals surface area contributed by atoms with Crippen molar-refractivity contribution in [3.05, 3.63) is 39.5 Å². The highest BCUT2D eigenvalue weighted by atomic mass is 35.5. The molecular weight excluding hydrogens is 190 g/mol. The van der Waals surface area contributed by atoms with Gasteiger partial charge in [-0.2, -0.15) is 4.98 Å². The van der Waals surface area contributed by atoms with Crippen LogP contribution in [0.1, 0.15) is 5.69 Å².